The normalized spacial score (nSPS) is 11.2. The minimum atomic E-state index is -4.61. The molecule has 0 heterocycles. The Labute approximate surface area is 136 Å². The predicted molar refractivity (Wildman–Crippen MR) is 83.5 cm³/mol. The van der Waals surface area contributed by atoms with E-state index in [1.165, 1.54) is 6.07 Å². The molecule has 0 radical (unpaired) electrons. The van der Waals surface area contributed by atoms with E-state index in [4.69, 9.17) is 11.6 Å². The molecule has 0 saturated heterocycles. The van der Waals surface area contributed by atoms with Crippen molar-refractivity contribution in [2.45, 2.75) is 19.6 Å². The topological polar surface area (TPSA) is 41.1 Å². The van der Waals surface area contributed by atoms with Gasteiger partial charge in [0.25, 0.3) is 0 Å². The second-order valence-electron chi connectivity index (χ2n) is 4.98. The summed E-state index contributed by atoms with van der Waals surface area (Å²) in [6.45, 7) is 2.14. The van der Waals surface area contributed by atoms with Gasteiger partial charge in [0, 0.05) is 11.6 Å². The molecule has 0 aliphatic heterocycles. The van der Waals surface area contributed by atoms with Crippen LogP contribution in [0.15, 0.2) is 42.5 Å². The number of halogens is 4. The Morgan fingerprint density at radius 2 is 1.78 bits per heavy atom. The summed E-state index contributed by atoms with van der Waals surface area (Å²) >= 11 is 5.59. The number of benzene rings is 2. The number of hydrogen-bond donors (Lipinski definition) is 2. The largest absolute Gasteiger partial charge is 0.418 e. The van der Waals surface area contributed by atoms with E-state index in [-0.39, 0.29) is 17.3 Å². The molecule has 0 fully saturated rings. The van der Waals surface area contributed by atoms with Crippen LogP contribution in [0.4, 0.5) is 23.7 Å². The first-order valence-corrected chi connectivity index (χ1v) is 7.10. The molecular formula is C16H14ClF3N2O. The van der Waals surface area contributed by atoms with Crippen LogP contribution < -0.4 is 10.6 Å². The van der Waals surface area contributed by atoms with Crippen LogP contribution in [0.3, 0.4) is 0 Å². The summed E-state index contributed by atoms with van der Waals surface area (Å²) in [4.78, 5) is 11.8. The first kappa shape index (κ1) is 17.1. The fourth-order valence-corrected chi connectivity index (χ4v) is 2.09. The Morgan fingerprint density at radius 3 is 2.39 bits per heavy atom. The van der Waals surface area contributed by atoms with Crippen molar-refractivity contribution < 1.29 is 18.0 Å². The molecule has 0 unspecified atom stereocenters. The van der Waals surface area contributed by atoms with Crippen LogP contribution in [-0.4, -0.2) is 6.03 Å². The molecule has 0 aliphatic carbocycles. The monoisotopic (exact) mass is 342 g/mol. The molecule has 23 heavy (non-hydrogen) atoms. The molecule has 0 aromatic heterocycles. The number of anilines is 1. The minimum absolute atomic E-state index is 0.0528. The smallest absolute Gasteiger partial charge is 0.334 e. The molecule has 2 rings (SSSR count). The van der Waals surface area contributed by atoms with Gasteiger partial charge in [-0.1, -0.05) is 41.4 Å². The lowest BCUT2D eigenvalue weighted by Crippen LogP contribution is -2.29. The van der Waals surface area contributed by atoms with Crippen LogP contribution >= 0.6 is 11.6 Å². The fraction of sp³-hybridized carbons (Fsp3) is 0.188. The Bertz CT molecular complexity index is 699. The van der Waals surface area contributed by atoms with E-state index in [1.54, 1.807) is 0 Å². The standard InChI is InChI=1S/C16H14ClF3N2O/c1-10-2-4-11(5-3-10)9-21-15(23)22-14-7-6-12(17)8-13(14)16(18,19)20/h2-8H,9H2,1H3,(H2,21,22,23). The Kier molecular flexibility index (Phi) is 5.15. The van der Waals surface area contributed by atoms with E-state index in [9.17, 15) is 18.0 Å². The van der Waals surface area contributed by atoms with Crippen molar-refractivity contribution in [3.05, 3.63) is 64.2 Å². The van der Waals surface area contributed by atoms with Crippen molar-refractivity contribution in [1.82, 2.24) is 5.32 Å². The number of urea groups is 1. The average molecular weight is 343 g/mol. The highest BCUT2D eigenvalue weighted by atomic mass is 35.5. The lowest BCUT2D eigenvalue weighted by Gasteiger charge is -2.14. The highest BCUT2D eigenvalue weighted by molar-refractivity contribution is 6.30. The first-order valence-electron chi connectivity index (χ1n) is 6.73. The van der Waals surface area contributed by atoms with E-state index in [2.05, 4.69) is 10.6 Å². The summed E-state index contributed by atoms with van der Waals surface area (Å²) in [6, 6.07) is 9.89. The quantitative estimate of drug-likeness (QED) is 0.810. The van der Waals surface area contributed by atoms with Gasteiger partial charge in [-0.3, -0.25) is 0 Å². The van der Waals surface area contributed by atoms with Crippen LogP contribution in [0.5, 0.6) is 0 Å². The lowest BCUT2D eigenvalue weighted by atomic mass is 10.1. The minimum Gasteiger partial charge on any atom is -0.334 e. The molecule has 0 saturated carbocycles. The van der Waals surface area contributed by atoms with Crippen molar-refractivity contribution >= 4 is 23.3 Å². The van der Waals surface area contributed by atoms with Gasteiger partial charge in [-0.05, 0) is 30.7 Å². The SMILES string of the molecule is Cc1ccc(CNC(=O)Nc2ccc(Cl)cc2C(F)(F)F)cc1. The van der Waals surface area contributed by atoms with E-state index in [0.29, 0.717) is 0 Å². The summed E-state index contributed by atoms with van der Waals surface area (Å²) in [7, 11) is 0. The number of nitrogens with one attached hydrogen (secondary N) is 2. The van der Waals surface area contributed by atoms with E-state index in [1.807, 2.05) is 31.2 Å². The van der Waals surface area contributed by atoms with Gasteiger partial charge in [0.15, 0.2) is 0 Å². The summed E-state index contributed by atoms with van der Waals surface area (Å²) in [5.74, 6) is 0. The molecule has 3 nitrogen and oxygen atoms in total. The molecule has 0 aliphatic rings. The maximum atomic E-state index is 12.9. The molecule has 0 atom stereocenters. The van der Waals surface area contributed by atoms with Gasteiger partial charge in [0.05, 0.1) is 11.3 Å². The zero-order valence-electron chi connectivity index (χ0n) is 12.2. The van der Waals surface area contributed by atoms with Gasteiger partial charge in [-0.2, -0.15) is 13.2 Å². The third kappa shape index (κ3) is 4.89. The zero-order valence-corrected chi connectivity index (χ0v) is 12.9. The molecule has 0 spiro atoms. The van der Waals surface area contributed by atoms with Gasteiger partial charge in [-0.25, -0.2) is 4.79 Å². The molecular weight excluding hydrogens is 329 g/mol. The van der Waals surface area contributed by atoms with Gasteiger partial charge in [0.2, 0.25) is 0 Å². The summed E-state index contributed by atoms with van der Waals surface area (Å²) in [5, 5.41) is 4.65. The van der Waals surface area contributed by atoms with Crippen molar-refractivity contribution in [3.8, 4) is 0 Å². The van der Waals surface area contributed by atoms with Crippen molar-refractivity contribution in [2.75, 3.05) is 5.32 Å². The highest BCUT2D eigenvalue weighted by Gasteiger charge is 2.34. The van der Waals surface area contributed by atoms with Gasteiger partial charge >= 0.3 is 12.2 Å². The lowest BCUT2D eigenvalue weighted by molar-refractivity contribution is -0.136. The van der Waals surface area contributed by atoms with E-state index in [0.717, 1.165) is 23.3 Å². The van der Waals surface area contributed by atoms with Gasteiger partial charge in [-0.15, -0.1) is 0 Å². The van der Waals surface area contributed by atoms with Gasteiger partial charge in [0.1, 0.15) is 0 Å². The fourth-order valence-electron chi connectivity index (χ4n) is 1.91. The van der Waals surface area contributed by atoms with Crippen LogP contribution in [-0.2, 0) is 12.7 Å². The number of aryl methyl sites for hydroxylation is 1. The third-order valence-corrected chi connectivity index (χ3v) is 3.34. The maximum absolute atomic E-state index is 12.9. The molecule has 2 aromatic carbocycles. The molecule has 2 aromatic rings. The van der Waals surface area contributed by atoms with Crippen LogP contribution in [0.1, 0.15) is 16.7 Å². The van der Waals surface area contributed by atoms with Crippen molar-refractivity contribution in [1.29, 1.82) is 0 Å². The number of hydrogen-bond acceptors (Lipinski definition) is 1. The van der Waals surface area contributed by atoms with Crippen LogP contribution in [0.2, 0.25) is 5.02 Å². The van der Waals surface area contributed by atoms with E-state index < -0.39 is 17.8 Å². The maximum Gasteiger partial charge on any atom is 0.418 e. The third-order valence-electron chi connectivity index (χ3n) is 3.11. The molecule has 122 valence electrons. The second-order valence-corrected chi connectivity index (χ2v) is 5.42. The summed E-state index contributed by atoms with van der Waals surface area (Å²) in [5.41, 5.74) is 0.589. The molecule has 2 N–H and O–H groups in total. The number of alkyl halides is 3. The summed E-state index contributed by atoms with van der Waals surface area (Å²) in [6.07, 6.45) is -4.61. The number of carbonyl (C=O) groups excluding carboxylic acids is 1. The Hall–Kier alpha value is -2.21. The zero-order chi connectivity index (χ0) is 17.0. The highest BCUT2D eigenvalue weighted by Crippen LogP contribution is 2.36. The summed E-state index contributed by atoms with van der Waals surface area (Å²) < 4.78 is 38.8. The van der Waals surface area contributed by atoms with Crippen molar-refractivity contribution in [2.24, 2.45) is 0 Å². The van der Waals surface area contributed by atoms with Crippen LogP contribution in [0, 0.1) is 6.92 Å². The molecule has 2 amide bonds. The van der Waals surface area contributed by atoms with Gasteiger partial charge < -0.3 is 10.6 Å². The number of rotatable bonds is 3. The number of amides is 2. The van der Waals surface area contributed by atoms with Crippen LogP contribution in [0.25, 0.3) is 0 Å². The molecule has 0 bridgehead atoms. The van der Waals surface area contributed by atoms with E-state index >= 15 is 0 Å². The average Bonchev–Trinajstić information content (AvgIpc) is 2.47. The molecule has 7 heteroatoms. The first-order chi connectivity index (χ1) is 10.8. The number of carbonyl (C=O) groups is 1. The second kappa shape index (κ2) is 6.91. The predicted octanol–water partition coefficient (Wildman–Crippen LogP) is 4.99. The Morgan fingerprint density at radius 1 is 1.13 bits per heavy atom. The Balaban J connectivity index is 2.04. The van der Waals surface area contributed by atoms with Crippen molar-refractivity contribution in [3.63, 3.8) is 0 Å².